The van der Waals surface area contributed by atoms with E-state index >= 15 is 0 Å². The Morgan fingerprint density at radius 1 is 1.42 bits per heavy atom. The Labute approximate surface area is 112 Å². The highest BCUT2D eigenvalue weighted by molar-refractivity contribution is 7.91. The van der Waals surface area contributed by atoms with Crippen LogP contribution in [0.1, 0.15) is 23.7 Å². The second-order valence-electron chi connectivity index (χ2n) is 4.03. The van der Waals surface area contributed by atoms with Crippen LogP contribution in [0.4, 0.5) is 0 Å². The summed E-state index contributed by atoms with van der Waals surface area (Å²) >= 11 is 0. The van der Waals surface area contributed by atoms with Crippen molar-refractivity contribution >= 4 is 15.8 Å². The lowest BCUT2D eigenvalue weighted by Crippen LogP contribution is -2.10. The zero-order valence-corrected chi connectivity index (χ0v) is 11.7. The van der Waals surface area contributed by atoms with Crippen LogP contribution >= 0.6 is 0 Å². The van der Waals surface area contributed by atoms with Gasteiger partial charge in [-0.15, -0.1) is 0 Å². The fraction of sp³-hybridized carbons (Fsp3) is 0.308. The average molecular weight is 284 g/mol. The van der Waals surface area contributed by atoms with Gasteiger partial charge in [0.2, 0.25) is 0 Å². The summed E-state index contributed by atoms with van der Waals surface area (Å²) in [6.45, 7) is 5.47. The molecule has 19 heavy (non-hydrogen) atoms. The van der Waals surface area contributed by atoms with Gasteiger partial charge in [-0.25, -0.2) is 13.2 Å². The molecule has 0 aliphatic carbocycles. The normalized spacial score (nSPS) is 11.1. The van der Waals surface area contributed by atoms with Gasteiger partial charge in [0.05, 0.1) is 17.8 Å². The number of methoxy groups -OCH3 is 1. The molecule has 0 spiro atoms. The predicted octanol–water partition coefficient (Wildman–Crippen LogP) is 2.13. The highest BCUT2D eigenvalue weighted by Crippen LogP contribution is 2.24. The molecule has 1 rings (SSSR count). The molecular formula is C13H16O5S. The summed E-state index contributed by atoms with van der Waals surface area (Å²) in [6.07, 6.45) is 0.557. The molecule has 0 saturated carbocycles. The van der Waals surface area contributed by atoms with Gasteiger partial charge in [-0.05, 0) is 24.6 Å². The van der Waals surface area contributed by atoms with Gasteiger partial charge in [0, 0.05) is 0 Å². The number of rotatable bonds is 6. The molecule has 1 aromatic carbocycles. The summed E-state index contributed by atoms with van der Waals surface area (Å²) < 4.78 is 29.0. The Bertz CT molecular complexity index is 601. The van der Waals surface area contributed by atoms with Crippen LogP contribution in [0.25, 0.3) is 0 Å². The third kappa shape index (κ3) is 3.57. The van der Waals surface area contributed by atoms with Crippen LogP contribution in [0.5, 0.6) is 5.75 Å². The Morgan fingerprint density at radius 3 is 2.53 bits per heavy atom. The monoisotopic (exact) mass is 284 g/mol. The molecule has 0 heterocycles. The Kier molecular flexibility index (Phi) is 4.72. The number of hydrogen-bond donors (Lipinski definition) is 1. The van der Waals surface area contributed by atoms with Crippen LogP contribution in [-0.2, 0) is 9.84 Å². The van der Waals surface area contributed by atoms with Gasteiger partial charge < -0.3 is 9.84 Å². The maximum Gasteiger partial charge on any atom is 0.339 e. The van der Waals surface area contributed by atoms with E-state index in [0.717, 1.165) is 6.07 Å². The van der Waals surface area contributed by atoms with Gasteiger partial charge in [-0.1, -0.05) is 19.1 Å². The fourth-order valence-corrected chi connectivity index (χ4v) is 2.98. The summed E-state index contributed by atoms with van der Waals surface area (Å²) in [5, 5.41) is 9.02. The van der Waals surface area contributed by atoms with Crippen molar-refractivity contribution in [2.24, 2.45) is 0 Å². The lowest BCUT2D eigenvalue weighted by molar-refractivity contribution is 0.0693. The maximum atomic E-state index is 12.1. The van der Waals surface area contributed by atoms with Crippen LogP contribution in [0.15, 0.2) is 35.2 Å². The van der Waals surface area contributed by atoms with Crippen molar-refractivity contribution in [1.82, 2.24) is 0 Å². The standard InChI is InChI=1S/C13H16O5S/c1-4-9(2)8-19(16,17)10-5-6-12(18-3)11(7-10)13(14)15/h5-7H,2,4,8H2,1,3H3,(H,14,15). The summed E-state index contributed by atoms with van der Waals surface area (Å²) in [4.78, 5) is 11.0. The van der Waals surface area contributed by atoms with Gasteiger partial charge >= 0.3 is 5.97 Å². The summed E-state index contributed by atoms with van der Waals surface area (Å²) in [6, 6.07) is 3.79. The van der Waals surface area contributed by atoms with Crippen molar-refractivity contribution in [3.05, 3.63) is 35.9 Å². The number of carbonyl (C=O) groups is 1. The molecule has 0 unspecified atom stereocenters. The van der Waals surface area contributed by atoms with E-state index in [1.165, 1.54) is 19.2 Å². The van der Waals surface area contributed by atoms with E-state index in [1.54, 1.807) is 0 Å². The van der Waals surface area contributed by atoms with Crippen molar-refractivity contribution in [3.63, 3.8) is 0 Å². The van der Waals surface area contributed by atoms with E-state index in [9.17, 15) is 13.2 Å². The first-order chi connectivity index (χ1) is 8.81. The first-order valence-electron chi connectivity index (χ1n) is 5.62. The van der Waals surface area contributed by atoms with Crippen LogP contribution in [0.2, 0.25) is 0 Å². The smallest absolute Gasteiger partial charge is 0.339 e. The van der Waals surface area contributed by atoms with E-state index < -0.39 is 15.8 Å². The highest BCUT2D eigenvalue weighted by atomic mass is 32.2. The first-order valence-corrected chi connectivity index (χ1v) is 7.27. The second-order valence-corrected chi connectivity index (χ2v) is 6.02. The Balaban J connectivity index is 3.25. The fourth-order valence-electron chi connectivity index (χ4n) is 1.50. The van der Waals surface area contributed by atoms with E-state index in [2.05, 4.69) is 6.58 Å². The van der Waals surface area contributed by atoms with Crippen molar-refractivity contribution < 1.29 is 23.1 Å². The molecule has 0 amide bonds. The van der Waals surface area contributed by atoms with Gasteiger partial charge in [0.25, 0.3) is 0 Å². The average Bonchev–Trinajstić information content (AvgIpc) is 2.37. The first kappa shape index (κ1) is 15.2. The Morgan fingerprint density at radius 2 is 2.05 bits per heavy atom. The molecule has 0 aromatic heterocycles. The Hall–Kier alpha value is -1.82. The molecule has 1 N–H and O–H groups in total. The molecule has 0 aliphatic heterocycles. The zero-order chi connectivity index (χ0) is 14.6. The van der Waals surface area contributed by atoms with Crippen molar-refractivity contribution in [3.8, 4) is 5.75 Å². The minimum atomic E-state index is -3.57. The van der Waals surface area contributed by atoms with E-state index in [0.29, 0.717) is 12.0 Å². The van der Waals surface area contributed by atoms with Crippen LogP contribution in [0, 0.1) is 0 Å². The van der Waals surface area contributed by atoms with Crippen molar-refractivity contribution in [2.75, 3.05) is 12.9 Å². The lowest BCUT2D eigenvalue weighted by Gasteiger charge is -2.09. The molecule has 0 bridgehead atoms. The molecule has 6 heteroatoms. The van der Waals surface area contributed by atoms with Crippen molar-refractivity contribution in [1.29, 1.82) is 0 Å². The third-order valence-electron chi connectivity index (χ3n) is 2.65. The lowest BCUT2D eigenvalue weighted by atomic mass is 10.2. The minimum Gasteiger partial charge on any atom is -0.496 e. The zero-order valence-electron chi connectivity index (χ0n) is 10.8. The van der Waals surface area contributed by atoms with Crippen molar-refractivity contribution in [2.45, 2.75) is 18.2 Å². The van der Waals surface area contributed by atoms with Crippen LogP contribution in [-0.4, -0.2) is 32.4 Å². The maximum absolute atomic E-state index is 12.1. The summed E-state index contributed by atoms with van der Waals surface area (Å²) in [7, 11) is -2.24. The largest absolute Gasteiger partial charge is 0.496 e. The molecule has 5 nitrogen and oxygen atoms in total. The second kappa shape index (κ2) is 5.88. The number of carboxylic acid groups (broad SMARTS) is 1. The number of ether oxygens (including phenoxy) is 1. The van der Waals surface area contributed by atoms with Gasteiger partial charge in [0.1, 0.15) is 11.3 Å². The minimum absolute atomic E-state index is 0.0414. The van der Waals surface area contributed by atoms with Gasteiger partial charge in [-0.3, -0.25) is 0 Å². The van der Waals surface area contributed by atoms with E-state index in [4.69, 9.17) is 9.84 Å². The molecule has 0 aliphatic rings. The highest BCUT2D eigenvalue weighted by Gasteiger charge is 2.20. The van der Waals surface area contributed by atoms with E-state index in [1.807, 2.05) is 6.92 Å². The van der Waals surface area contributed by atoms with Crippen LogP contribution < -0.4 is 4.74 Å². The predicted molar refractivity (Wildman–Crippen MR) is 71.4 cm³/mol. The number of sulfone groups is 1. The summed E-state index contributed by atoms with van der Waals surface area (Å²) in [5.74, 6) is -1.29. The topological polar surface area (TPSA) is 80.7 Å². The number of hydrogen-bond acceptors (Lipinski definition) is 4. The van der Waals surface area contributed by atoms with E-state index in [-0.39, 0.29) is 22.0 Å². The quantitative estimate of drug-likeness (QED) is 0.809. The molecule has 0 radical (unpaired) electrons. The number of aromatic carboxylic acids is 1. The molecular weight excluding hydrogens is 268 g/mol. The molecule has 104 valence electrons. The molecule has 0 atom stereocenters. The number of carboxylic acids is 1. The summed E-state index contributed by atoms with van der Waals surface area (Å²) in [5.41, 5.74) is 0.401. The van der Waals surface area contributed by atoms with Crippen LogP contribution in [0.3, 0.4) is 0 Å². The molecule has 0 saturated heterocycles. The molecule has 0 fully saturated rings. The third-order valence-corrected chi connectivity index (χ3v) is 4.42. The number of benzene rings is 1. The van der Waals surface area contributed by atoms with Gasteiger partial charge in [-0.2, -0.15) is 0 Å². The molecule has 1 aromatic rings. The van der Waals surface area contributed by atoms with Gasteiger partial charge in [0.15, 0.2) is 9.84 Å². The SMILES string of the molecule is C=C(CC)CS(=O)(=O)c1ccc(OC)c(C(=O)O)c1.